The fraction of sp³-hybridized carbons (Fsp3) is 0.0714. The predicted molar refractivity (Wildman–Crippen MR) is 73.1 cm³/mol. The lowest BCUT2D eigenvalue weighted by Gasteiger charge is -2.20. The summed E-state index contributed by atoms with van der Waals surface area (Å²) in [5, 5.41) is 9.01. The van der Waals surface area contributed by atoms with Crippen molar-refractivity contribution in [3.8, 4) is 6.07 Å². The zero-order valence-corrected chi connectivity index (χ0v) is 11.4. The highest BCUT2D eigenvalue weighted by Crippen LogP contribution is 2.26. The molecule has 0 atom stereocenters. The number of rotatable bonds is 3. The molecular formula is C14H11FN2O2S. The minimum atomic E-state index is -4.05. The van der Waals surface area contributed by atoms with Crippen LogP contribution in [0.4, 0.5) is 10.1 Å². The Hall–Kier alpha value is -2.39. The fourth-order valence-corrected chi connectivity index (χ4v) is 3.05. The van der Waals surface area contributed by atoms with E-state index in [2.05, 4.69) is 0 Å². The molecule has 0 fully saturated rings. The molecule has 102 valence electrons. The van der Waals surface area contributed by atoms with Crippen LogP contribution < -0.4 is 4.31 Å². The number of hydrogen-bond donors (Lipinski definition) is 0. The Bertz CT molecular complexity index is 782. The van der Waals surface area contributed by atoms with Gasteiger partial charge in [-0.3, -0.25) is 4.31 Å². The van der Waals surface area contributed by atoms with Crippen LogP contribution in [0.15, 0.2) is 53.4 Å². The van der Waals surface area contributed by atoms with Crippen LogP contribution in [-0.4, -0.2) is 15.5 Å². The number of anilines is 1. The second kappa shape index (κ2) is 5.31. The monoisotopic (exact) mass is 290 g/mol. The normalized spacial score (nSPS) is 10.8. The number of benzene rings is 2. The number of sulfonamides is 1. The third kappa shape index (κ3) is 2.36. The quantitative estimate of drug-likeness (QED) is 0.872. The maximum Gasteiger partial charge on any atom is 0.267 e. The first-order valence-electron chi connectivity index (χ1n) is 5.71. The van der Waals surface area contributed by atoms with Crippen molar-refractivity contribution in [2.75, 3.05) is 11.4 Å². The average molecular weight is 290 g/mol. The molecule has 20 heavy (non-hydrogen) atoms. The first kappa shape index (κ1) is 14.0. The molecule has 0 saturated carbocycles. The highest BCUT2D eigenvalue weighted by Gasteiger charge is 2.25. The van der Waals surface area contributed by atoms with Gasteiger partial charge in [0.15, 0.2) is 0 Å². The molecule has 6 heteroatoms. The summed E-state index contributed by atoms with van der Waals surface area (Å²) in [7, 11) is -2.76. The van der Waals surface area contributed by atoms with Gasteiger partial charge in [-0.2, -0.15) is 5.26 Å². The fourth-order valence-electron chi connectivity index (χ4n) is 1.77. The number of halogens is 1. The smallest absolute Gasteiger partial charge is 0.267 e. The second-order valence-corrected chi connectivity index (χ2v) is 5.97. The first-order chi connectivity index (χ1) is 9.48. The van der Waals surface area contributed by atoms with Crippen molar-refractivity contribution in [3.05, 3.63) is 59.9 Å². The third-order valence-corrected chi connectivity index (χ3v) is 4.64. The maximum atomic E-state index is 13.7. The molecule has 0 aliphatic heterocycles. The molecule has 0 unspecified atom stereocenters. The van der Waals surface area contributed by atoms with Crippen molar-refractivity contribution in [1.82, 2.24) is 0 Å². The van der Waals surface area contributed by atoms with E-state index in [9.17, 15) is 12.8 Å². The van der Waals surface area contributed by atoms with Gasteiger partial charge in [-0.1, -0.05) is 24.3 Å². The summed E-state index contributed by atoms with van der Waals surface area (Å²) in [5.41, 5.74) is 0.410. The van der Waals surface area contributed by atoms with Gasteiger partial charge in [-0.05, 0) is 24.3 Å². The Kier molecular flexibility index (Phi) is 3.72. The minimum absolute atomic E-state index is 0.204. The maximum absolute atomic E-state index is 13.7. The number of hydrogen-bond acceptors (Lipinski definition) is 3. The summed E-state index contributed by atoms with van der Waals surface area (Å²) in [4.78, 5) is -0.421. The summed E-state index contributed by atoms with van der Waals surface area (Å²) in [6, 6.07) is 13.3. The topological polar surface area (TPSA) is 61.2 Å². The van der Waals surface area contributed by atoms with E-state index < -0.39 is 20.7 Å². The van der Waals surface area contributed by atoms with E-state index in [4.69, 9.17) is 5.26 Å². The molecule has 0 radical (unpaired) electrons. The summed E-state index contributed by atoms with van der Waals surface area (Å²) in [6.07, 6.45) is 0. The molecule has 2 aromatic rings. The van der Waals surface area contributed by atoms with Crippen molar-refractivity contribution >= 4 is 15.7 Å². The van der Waals surface area contributed by atoms with Gasteiger partial charge in [0, 0.05) is 7.05 Å². The average Bonchev–Trinajstić information content (AvgIpc) is 2.46. The third-order valence-electron chi connectivity index (χ3n) is 2.84. The van der Waals surface area contributed by atoms with Gasteiger partial charge in [-0.25, -0.2) is 12.8 Å². The summed E-state index contributed by atoms with van der Waals surface area (Å²) < 4.78 is 39.4. The van der Waals surface area contributed by atoms with Gasteiger partial charge >= 0.3 is 0 Å². The molecule has 2 rings (SSSR count). The van der Waals surface area contributed by atoms with Gasteiger partial charge in [0.05, 0.1) is 11.3 Å². The molecule has 0 N–H and O–H groups in total. The van der Waals surface area contributed by atoms with Crippen LogP contribution >= 0.6 is 0 Å². The largest absolute Gasteiger partial charge is 0.268 e. The summed E-state index contributed by atoms with van der Waals surface area (Å²) in [6.45, 7) is 0. The first-order valence-corrected chi connectivity index (χ1v) is 7.15. The highest BCUT2D eigenvalue weighted by molar-refractivity contribution is 7.92. The molecule has 0 aliphatic carbocycles. The van der Waals surface area contributed by atoms with Crippen molar-refractivity contribution in [1.29, 1.82) is 5.26 Å². The lowest BCUT2D eigenvalue weighted by atomic mass is 10.2. The molecule has 0 bridgehead atoms. The Morgan fingerprint density at radius 1 is 1.10 bits per heavy atom. The predicted octanol–water partition coefficient (Wildman–Crippen LogP) is 2.52. The van der Waals surface area contributed by atoms with Gasteiger partial charge < -0.3 is 0 Å². The van der Waals surface area contributed by atoms with Gasteiger partial charge in [0.2, 0.25) is 0 Å². The standard InChI is InChI=1S/C14H11FN2O2S/c1-17(13-8-4-2-6-11(13)10-16)20(18,19)14-9-5-3-7-12(14)15/h2-9H,1H3. The van der Waals surface area contributed by atoms with Crippen LogP contribution in [0.2, 0.25) is 0 Å². The van der Waals surface area contributed by atoms with E-state index in [1.165, 1.54) is 37.4 Å². The molecule has 0 saturated heterocycles. The van der Waals surface area contributed by atoms with Crippen LogP contribution in [0, 0.1) is 17.1 Å². The van der Waals surface area contributed by atoms with Crippen molar-refractivity contribution in [3.63, 3.8) is 0 Å². The van der Waals surface area contributed by atoms with E-state index in [1.807, 2.05) is 6.07 Å². The Labute approximate surface area is 116 Å². The molecule has 4 nitrogen and oxygen atoms in total. The van der Waals surface area contributed by atoms with Gasteiger partial charge in [0.1, 0.15) is 16.8 Å². The van der Waals surface area contributed by atoms with Gasteiger partial charge in [-0.15, -0.1) is 0 Å². The molecular weight excluding hydrogens is 279 g/mol. The van der Waals surface area contributed by atoms with E-state index >= 15 is 0 Å². The highest BCUT2D eigenvalue weighted by atomic mass is 32.2. The second-order valence-electron chi connectivity index (χ2n) is 4.03. The molecule has 0 amide bonds. The minimum Gasteiger partial charge on any atom is -0.268 e. The van der Waals surface area contributed by atoms with Crippen LogP contribution in [0.1, 0.15) is 5.56 Å². The Morgan fingerprint density at radius 2 is 1.70 bits per heavy atom. The number of nitriles is 1. The van der Waals surface area contributed by atoms with E-state index in [1.54, 1.807) is 12.1 Å². The zero-order valence-electron chi connectivity index (χ0n) is 10.6. The molecule has 0 aliphatic rings. The number of nitrogens with zero attached hydrogens (tertiary/aromatic N) is 2. The van der Waals surface area contributed by atoms with Crippen LogP contribution in [0.25, 0.3) is 0 Å². The van der Waals surface area contributed by atoms with Crippen molar-refractivity contribution < 1.29 is 12.8 Å². The van der Waals surface area contributed by atoms with Crippen LogP contribution in [-0.2, 0) is 10.0 Å². The van der Waals surface area contributed by atoms with E-state index in [0.717, 1.165) is 10.4 Å². The SMILES string of the molecule is CN(c1ccccc1C#N)S(=O)(=O)c1ccccc1F. The molecule has 0 spiro atoms. The van der Waals surface area contributed by atoms with E-state index in [-0.39, 0.29) is 11.3 Å². The lowest BCUT2D eigenvalue weighted by molar-refractivity contribution is 0.566. The lowest BCUT2D eigenvalue weighted by Crippen LogP contribution is -2.28. The summed E-state index contributed by atoms with van der Waals surface area (Å²) in [5.74, 6) is -0.825. The van der Waals surface area contributed by atoms with Crippen molar-refractivity contribution in [2.24, 2.45) is 0 Å². The molecule has 0 heterocycles. The number of para-hydroxylation sites is 1. The van der Waals surface area contributed by atoms with E-state index in [0.29, 0.717) is 0 Å². The molecule has 0 aromatic heterocycles. The zero-order chi connectivity index (χ0) is 14.8. The van der Waals surface area contributed by atoms with Crippen molar-refractivity contribution in [2.45, 2.75) is 4.90 Å². The van der Waals surface area contributed by atoms with Gasteiger partial charge in [0.25, 0.3) is 10.0 Å². The van der Waals surface area contributed by atoms with Crippen LogP contribution in [0.3, 0.4) is 0 Å². The summed E-state index contributed by atoms with van der Waals surface area (Å²) >= 11 is 0. The Morgan fingerprint density at radius 3 is 2.35 bits per heavy atom. The van der Waals surface area contributed by atoms with Crippen LogP contribution in [0.5, 0.6) is 0 Å². The Balaban J connectivity index is 2.56. The molecule has 2 aromatic carbocycles.